The first-order chi connectivity index (χ1) is 12.7. The number of para-hydroxylation sites is 1. The fourth-order valence-electron chi connectivity index (χ4n) is 3.12. The Kier molecular flexibility index (Phi) is 4.87. The number of halogens is 3. The second kappa shape index (κ2) is 6.86. The second-order valence-electron chi connectivity index (χ2n) is 6.62. The van der Waals surface area contributed by atoms with Gasteiger partial charge in [0.25, 0.3) is 5.91 Å². The maximum atomic E-state index is 13.2. The normalized spacial score (nSPS) is 16.7. The molecule has 0 atom stereocenters. The smallest absolute Gasteiger partial charge is 0.418 e. The lowest BCUT2D eigenvalue weighted by Crippen LogP contribution is -2.36. The van der Waals surface area contributed by atoms with Crippen LogP contribution in [0.2, 0.25) is 0 Å². The standard InChI is InChI=1S/C17H18F3N3O4/c18-17(19,20)11-3-1-2-4-12(11)23-7-13(26)14(21-23)15(27)22-6-5-16(8-22,9-24)10-25/h1-4,7,24-26H,5-6,8-10H2. The molecular formula is C17H18F3N3O4. The number of likely N-dealkylation sites (tertiary alicyclic amines) is 1. The zero-order valence-corrected chi connectivity index (χ0v) is 14.1. The number of carbonyl (C=O) groups excluding carboxylic acids is 1. The first-order valence-electron chi connectivity index (χ1n) is 8.17. The quantitative estimate of drug-likeness (QED) is 0.739. The third kappa shape index (κ3) is 3.50. The molecule has 2 aromatic rings. The molecule has 0 spiro atoms. The number of aliphatic hydroxyl groups is 2. The molecule has 1 aliphatic heterocycles. The first kappa shape index (κ1) is 19.2. The molecule has 1 aromatic heterocycles. The summed E-state index contributed by atoms with van der Waals surface area (Å²) >= 11 is 0. The van der Waals surface area contributed by atoms with E-state index in [9.17, 15) is 33.3 Å². The lowest BCUT2D eigenvalue weighted by molar-refractivity contribution is -0.137. The Morgan fingerprint density at radius 2 is 1.89 bits per heavy atom. The molecule has 27 heavy (non-hydrogen) atoms. The molecule has 0 unspecified atom stereocenters. The number of aliphatic hydroxyl groups excluding tert-OH is 2. The lowest BCUT2D eigenvalue weighted by Gasteiger charge is -2.24. The molecule has 1 amide bonds. The number of rotatable bonds is 4. The maximum absolute atomic E-state index is 13.2. The summed E-state index contributed by atoms with van der Waals surface area (Å²) < 4.78 is 40.4. The van der Waals surface area contributed by atoms with Crippen molar-refractivity contribution < 1.29 is 33.3 Å². The summed E-state index contributed by atoms with van der Waals surface area (Å²) in [5, 5.41) is 32.8. The number of benzene rings is 1. The molecule has 0 radical (unpaired) electrons. The molecule has 1 saturated heterocycles. The minimum absolute atomic E-state index is 0.0598. The van der Waals surface area contributed by atoms with E-state index in [1.54, 1.807) is 0 Å². The van der Waals surface area contributed by atoms with Crippen LogP contribution in [0, 0.1) is 5.41 Å². The SMILES string of the molecule is O=C(c1nn(-c2ccccc2C(F)(F)F)cc1O)N1CCC(CO)(CO)C1. The van der Waals surface area contributed by atoms with Gasteiger partial charge in [-0.1, -0.05) is 12.1 Å². The van der Waals surface area contributed by atoms with Crippen LogP contribution in [-0.4, -0.2) is 62.2 Å². The largest absolute Gasteiger partial charge is 0.504 e. The minimum atomic E-state index is -4.63. The van der Waals surface area contributed by atoms with Crippen LogP contribution < -0.4 is 0 Å². The summed E-state index contributed by atoms with van der Waals surface area (Å²) in [5.74, 6) is -1.23. The van der Waals surface area contributed by atoms with E-state index in [1.165, 1.54) is 23.1 Å². The Morgan fingerprint density at radius 1 is 1.22 bits per heavy atom. The van der Waals surface area contributed by atoms with Crippen molar-refractivity contribution in [1.29, 1.82) is 0 Å². The number of carbonyl (C=O) groups is 1. The summed E-state index contributed by atoms with van der Waals surface area (Å²) in [6, 6.07) is 4.69. The molecule has 0 saturated carbocycles. The van der Waals surface area contributed by atoms with Crippen molar-refractivity contribution in [1.82, 2.24) is 14.7 Å². The Bertz CT molecular complexity index is 846. The van der Waals surface area contributed by atoms with Crippen LogP contribution in [0.5, 0.6) is 5.75 Å². The highest BCUT2D eigenvalue weighted by atomic mass is 19.4. The third-order valence-corrected chi connectivity index (χ3v) is 4.75. The van der Waals surface area contributed by atoms with Gasteiger partial charge in [-0.2, -0.15) is 18.3 Å². The van der Waals surface area contributed by atoms with E-state index >= 15 is 0 Å². The second-order valence-corrected chi connectivity index (χ2v) is 6.62. The number of aromatic hydroxyl groups is 1. The predicted octanol–water partition coefficient (Wildman–Crippen LogP) is 1.41. The van der Waals surface area contributed by atoms with Gasteiger partial charge in [0.05, 0.1) is 30.7 Å². The van der Waals surface area contributed by atoms with Crippen molar-refractivity contribution in [2.75, 3.05) is 26.3 Å². The lowest BCUT2D eigenvalue weighted by atomic mass is 9.89. The van der Waals surface area contributed by atoms with Crippen LogP contribution in [0.3, 0.4) is 0 Å². The first-order valence-corrected chi connectivity index (χ1v) is 8.17. The molecule has 3 rings (SSSR count). The van der Waals surface area contributed by atoms with E-state index < -0.39 is 34.5 Å². The van der Waals surface area contributed by atoms with E-state index in [2.05, 4.69) is 5.10 Å². The number of aromatic nitrogens is 2. The average Bonchev–Trinajstić information content (AvgIpc) is 3.25. The molecule has 2 heterocycles. The summed E-state index contributed by atoms with van der Waals surface area (Å²) in [6.07, 6.45) is -3.32. The van der Waals surface area contributed by atoms with Gasteiger partial charge in [0, 0.05) is 18.5 Å². The fourth-order valence-corrected chi connectivity index (χ4v) is 3.12. The highest BCUT2D eigenvalue weighted by Crippen LogP contribution is 2.35. The van der Waals surface area contributed by atoms with Crippen molar-refractivity contribution in [2.24, 2.45) is 5.41 Å². The van der Waals surface area contributed by atoms with Gasteiger partial charge in [-0.3, -0.25) is 4.79 Å². The van der Waals surface area contributed by atoms with Crippen molar-refractivity contribution in [2.45, 2.75) is 12.6 Å². The maximum Gasteiger partial charge on any atom is 0.418 e. The number of hydrogen-bond donors (Lipinski definition) is 3. The Balaban J connectivity index is 1.92. The Morgan fingerprint density at radius 3 is 2.48 bits per heavy atom. The molecule has 3 N–H and O–H groups in total. The van der Waals surface area contributed by atoms with Crippen LogP contribution >= 0.6 is 0 Å². The summed E-state index contributed by atoms with van der Waals surface area (Å²) in [6.45, 7) is -0.338. The highest BCUT2D eigenvalue weighted by Gasteiger charge is 2.40. The summed E-state index contributed by atoms with van der Waals surface area (Å²) in [4.78, 5) is 13.9. The highest BCUT2D eigenvalue weighted by molar-refractivity contribution is 5.95. The number of amides is 1. The zero-order chi connectivity index (χ0) is 19.8. The van der Waals surface area contributed by atoms with Crippen LogP contribution in [0.25, 0.3) is 5.69 Å². The topological polar surface area (TPSA) is 98.8 Å². The molecule has 7 nitrogen and oxygen atoms in total. The van der Waals surface area contributed by atoms with Gasteiger partial charge in [-0.05, 0) is 18.6 Å². The molecule has 0 bridgehead atoms. The van der Waals surface area contributed by atoms with Gasteiger partial charge >= 0.3 is 6.18 Å². The van der Waals surface area contributed by atoms with Gasteiger partial charge in [-0.15, -0.1) is 0 Å². The van der Waals surface area contributed by atoms with Gasteiger partial charge < -0.3 is 20.2 Å². The number of hydrogen-bond acceptors (Lipinski definition) is 5. The predicted molar refractivity (Wildman–Crippen MR) is 87.4 cm³/mol. The molecule has 1 fully saturated rings. The number of alkyl halides is 3. The minimum Gasteiger partial charge on any atom is -0.504 e. The zero-order valence-electron chi connectivity index (χ0n) is 14.1. The third-order valence-electron chi connectivity index (χ3n) is 4.75. The molecule has 1 aliphatic rings. The van der Waals surface area contributed by atoms with Gasteiger partial charge in [-0.25, -0.2) is 4.68 Å². The molecular weight excluding hydrogens is 367 g/mol. The van der Waals surface area contributed by atoms with Gasteiger partial charge in [0.2, 0.25) is 0 Å². The van der Waals surface area contributed by atoms with Crippen LogP contribution in [0.1, 0.15) is 22.5 Å². The van der Waals surface area contributed by atoms with E-state index in [0.717, 1.165) is 16.9 Å². The van der Waals surface area contributed by atoms with E-state index in [-0.39, 0.29) is 32.0 Å². The molecule has 10 heteroatoms. The van der Waals surface area contributed by atoms with Gasteiger partial charge in [0.1, 0.15) is 0 Å². The van der Waals surface area contributed by atoms with Crippen molar-refractivity contribution in [3.63, 3.8) is 0 Å². The molecule has 146 valence electrons. The van der Waals surface area contributed by atoms with E-state index in [0.29, 0.717) is 6.42 Å². The van der Waals surface area contributed by atoms with E-state index in [4.69, 9.17) is 0 Å². The Hall–Kier alpha value is -2.59. The van der Waals surface area contributed by atoms with E-state index in [1.807, 2.05) is 0 Å². The summed E-state index contributed by atoms with van der Waals surface area (Å²) in [7, 11) is 0. The van der Waals surface area contributed by atoms with Crippen molar-refractivity contribution >= 4 is 5.91 Å². The Labute approximate surface area is 152 Å². The van der Waals surface area contributed by atoms with Crippen LogP contribution in [0.15, 0.2) is 30.5 Å². The summed E-state index contributed by atoms with van der Waals surface area (Å²) in [5.41, 5.74) is -2.50. The molecule has 0 aliphatic carbocycles. The van der Waals surface area contributed by atoms with Crippen molar-refractivity contribution in [3.8, 4) is 11.4 Å². The van der Waals surface area contributed by atoms with Crippen LogP contribution in [0.4, 0.5) is 13.2 Å². The molecule has 1 aromatic carbocycles. The monoisotopic (exact) mass is 385 g/mol. The van der Waals surface area contributed by atoms with Gasteiger partial charge in [0.15, 0.2) is 11.4 Å². The number of nitrogens with zero attached hydrogens (tertiary/aromatic N) is 3. The fraction of sp³-hybridized carbons (Fsp3) is 0.412. The van der Waals surface area contributed by atoms with Crippen LogP contribution in [-0.2, 0) is 6.18 Å². The average molecular weight is 385 g/mol. The van der Waals surface area contributed by atoms with Crippen molar-refractivity contribution in [3.05, 3.63) is 41.7 Å².